The molecule has 2 aromatic rings. The standard InChI is InChI=1S/C10H8F3N3O/c11-10(12,13)7-2-1-3-14-8(7)9-15-4-6(5-17)16-9/h1-4,17H,5H2,(H,15,16). The molecular formula is C10H8F3N3O. The fraction of sp³-hybridized carbons (Fsp3) is 0.200. The second-order valence-electron chi connectivity index (χ2n) is 3.31. The molecule has 0 saturated carbocycles. The van der Waals surface area contributed by atoms with Crippen LogP contribution in [0.2, 0.25) is 0 Å². The molecule has 90 valence electrons. The van der Waals surface area contributed by atoms with Crippen molar-refractivity contribution in [1.29, 1.82) is 0 Å². The van der Waals surface area contributed by atoms with Crippen molar-refractivity contribution in [2.75, 3.05) is 0 Å². The summed E-state index contributed by atoms with van der Waals surface area (Å²) in [6.45, 7) is -0.318. The molecule has 2 aromatic heterocycles. The van der Waals surface area contributed by atoms with Crippen LogP contribution in [0.25, 0.3) is 11.5 Å². The lowest BCUT2D eigenvalue weighted by molar-refractivity contribution is -0.137. The number of aromatic amines is 1. The maximum atomic E-state index is 12.7. The zero-order valence-corrected chi connectivity index (χ0v) is 8.49. The lowest BCUT2D eigenvalue weighted by atomic mass is 10.2. The number of aliphatic hydroxyl groups is 1. The van der Waals surface area contributed by atoms with Crippen LogP contribution in [0.5, 0.6) is 0 Å². The van der Waals surface area contributed by atoms with E-state index >= 15 is 0 Å². The summed E-state index contributed by atoms with van der Waals surface area (Å²) < 4.78 is 38.1. The van der Waals surface area contributed by atoms with E-state index in [0.29, 0.717) is 5.69 Å². The van der Waals surface area contributed by atoms with E-state index in [9.17, 15) is 13.2 Å². The average Bonchev–Trinajstić information content (AvgIpc) is 2.76. The fourth-order valence-electron chi connectivity index (χ4n) is 1.38. The highest BCUT2D eigenvalue weighted by atomic mass is 19.4. The van der Waals surface area contributed by atoms with Gasteiger partial charge in [0, 0.05) is 6.20 Å². The number of hydrogen-bond donors (Lipinski definition) is 2. The van der Waals surface area contributed by atoms with Crippen LogP contribution < -0.4 is 0 Å². The lowest BCUT2D eigenvalue weighted by Gasteiger charge is -2.09. The number of imidazole rings is 1. The van der Waals surface area contributed by atoms with E-state index < -0.39 is 11.7 Å². The lowest BCUT2D eigenvalue weighted by Crippen LogP contribution is -2.08. The summed E-state index contributed by atoms with van der Waals surface area (Å²) in [5, 5.41) is 8.81. The minimum absolute atomic E-state index is 0.0121. The predicted octanol–water partition coefficient (Wildman–Crippen LogP) is 1.98. The molecule has 4 nitrogen and oxygen atoms in total. The van der Waals surface area contributed by atoms with Gasteiger partial charge in [0.05, 0.1) is 24.1 Å². The first kappa shape index (κ1) is 11.6. The summed E-state index contributed by atoms with van der Waals surface area (Å²) >= 11 is 0. The first-order valence-corrected chi connectivity index (χ1v) is 4.69. The first-order chi connectivity index (χ1) is 8.02. The Labute approximate surface area is 94.2 Å². The molecule has 0 spiro atoms. The summed E-state index contributed by atoms with van der Waals surface area (Å²) in [7, 11) is 0. The van der Waals surface area contributed by atoms with Gasteiger partial charge >= 0.3 is 6.18 Å². The van der Waals surface area contributed by atoms with Crippen LogP contribution in [0.4, 0.5) is 13.2 Å². The van der Waals surface area contributed by atoms with Crippen molar-refractivity contribution >= 4 is 0 Å². The van der Waals surface area contributed by atoms with Crippen molar-refractivity contribution in [3.05, 3.63) is 35.8 Å². The molecule has 2 N–H and O–H groups in total. The molecular weight excluding hydrogens is 235 g/mol. The minimum Gasteiger partial charge on any atom is -0.390 e. The summed E-state index contributed by atoms with van der Waals surface area (Å²) in [5.41, 5.74) is -0.808. The van der Waals surface area contributed by atoms with Gasteiger partial charge in [-0.25, -0.2) is 4.98 Å². The van der Waals surface area contributed by atoms with Crippen molar-refractivity contribution in [3.63, 3.8) is 0 Å². The summed E-state index contributed by atoms with van der Waals surface area (Å²) in [4.78, 5) is 9.99. The van der Waals surface area contributed by atoms with Gasteiger partial charge in [0.15, 0.2) is 5.82 Å². The van der Waals surface area contributed by atoms with E-state index in [2.05, 4.69) is 15.0 Å². The molecule has 2 heterocycles. The zero-order chi connectivity index (χ0) is 12.5. The number of nitrogens with zero attached hydrogens (tertiary/aromatic N) is 2. The number of aromatic nitrogens is 3. The number of H-pyrrole nitrogens is 1. The van der Waals surface area contributed by atoms with Crippen LogP contribution in [0, 0.1) is 0 Å². The molecule has 0 radical (unpaired) electrons. The molecule has 0 bridgehead atoms. The maximum Gasteiger partial charge on any atom is 0.418 e. The average molecular weight is 243 g/mol. The van der Waals surface area contributed by atoms with E-state index in [0.717, 1.165) is 6.07 Å². The Bertz CT molecular complexity index is 522. The third-order valence-corrected chi connectivity index (χ3v) is 2.14. The van der Waals surface area contributed by atoms with Crippen LogP contribution in [0.3, 0.4) is 0 Å². The molecule has 0 aromatic carbocycles. The van der Waals surface area contributed by atoms with Crippen LogP contribution >= 0.6 is 0 Å². The van der Waals surface area contributed by atoms with E-state index in [1.165, 1.54) is 18.5 Å². The highest BCUT2D eigenvalue weighted by Crippen LogP contribution is 2.34. The summed E-state index contributed by atoms with van der Waals surface area (Å²) in [6.07, 6.45) is -1.97. The number of halogens is 3. The van der Waals surface area contributed by atoms with Crippen molar-refractivity contribution in [2.45, 2.75) is 12.8 Å². The Morgan fingerprint density at radius 2 is 2.06 bits per heavy atom. The number of nitrogens with one attached hydrogen (secondary N) is 1. The molecule has 0 atom stereocenters. The fourth-order valence-corrected chi connectivity index (χ4v) is 1.38. The van der Waals surface area contributed by atoms with Gasteiger partial charge in [0.1, 0.15) is 5.69 Å². The number of rotatable bonds is 2. The topological polar surface area (TPSA) is 61.8 Å². The molecule has 17 heavy (non-hydrogen) atoms. The third kappa shape index (κ3) is 2.28. The number of pyridine rings is 1. The van der Waals surface area contributed by atoms with Crippen molar-refractivity contribution in [2.24, 2.45) is 0 Å². The van der Waals surface area contributed by atoms with Gasteiger partial charge < -0.3 is 10.1 Å². The Kier molecular flexibility index (Phi) is 2.84. The van der Waals surface area contributed by atoms with Gasteiger partial charge in [-0.15, -0.1) is 0 Å². The van der Waals surface area contributed by atoms with Crippen LogP contribution in [-0.2, 0) is 12.8 Å². The molecule has 7 heteroatoms. The molecule has 0 aliphatic rings. The monoisotopic (exact) mass is 243 g/mol. The van der Waals surface area contributed by atoms with Gasteiger partial charge in [-0.1, -0.05) is 0 Å². The Balaban J connectivity index is 2.52. The molecule has 0 unspecified atom stereocenters. The number of hydrogen-bond acceptors (Lipinski definition) is 3. The Hall–Kier alpha value is -1.89. The number of aliphatic hydroxyl groups excluding tert-OH is 1. The van der Waals surface area contributed by atoms with E-state index in [4.69, 9.17) is 5.11 Å². The first-order valence-electron chi connectivity index (χ1n) is 4.69. The quantitative estimate of drug-likeness (QED) is 0.847. The van der Waals surface area contributed by atoms with Crippen LogP contribution in [0.1, 0.15) is 11.3 Å². The zero-order valence-electron chi connectivity index (χ0n) is 8.49. The highest BCUT2D eigenvalue weighted by Gasteiger charge is 2.34. The van der Waals surface area contributed by atoms with Crippen LogP contribution in [0.15, 0.2) is 24.5 Å². The van der Waals surface area contributed by atoms with Gasteiger partial charge in [-0.3, -0.25) is 4.98 Å². The maximum absolute atomic E-state index is 12.7. The van der Waals surface area contributed by atoms with Gasteiger partial charge in [-0.05, 0) is 12.1 Å². The smallest absolute Gasteiger partial charge is 0.390 e. The molecule has 0 saturated heterocycles. The largest absolute Gasteiger partial charge is 0.418 e. The molecule has 2 rings (SSSR count). The number of alkyl halides is 3. The normalized spacial score (nSPS) is 11.8. The summed E-state index contributed by atoms with van der Waals surface area (Å²) in [5.74, 6) is -0.0121. The molecule has 0 aliphatic heterocycles. The molecule has 0 aliphatic carbocycles. The Morgan fingerprint density at radius 3 is 2.65 bits per heavy atom. The van der Waals surface area contributed by atoms with E-state index in [1.54, 1.807) is 0 Å². The van der Waals surface area contributed by atoms with Gasteiger partial charge in [-0.2, -0.15) is 13.2 Å². The second-order valence-corrected chi connectivity index (χ2v) is 3.31. The third-order valence-electron chi connectivity index (χ3n) is 2.14. The minimum atomic E-state index is -4.49. The van der Waals surface area contributed by atoms with Crippen molar-refractivity contribution in [1.82, 2.24) is 15.0 Å². The highest BCUT2D eigenvalue weighted by molar-refractivity contribution is 5.55. The van der Waals surface area contributed by atoms with E-state index in [-0.39, 0.29) is 18.1 Å². The Morgan fingerprint density at radius 1 is 1.29 bits per heavy atom. The molecule has 0 fully saturated rings. The summed E-state index contributed by atoms with van der Waals surface area (Å²) in [6, 6.07) is 2.14. The van der Waals surface area contributed by atoms with Crippen LogP contribution in [-0.4, -0.2) is 20.1 Å². The SMILES string of the molecule is OCc1cnc(-c2ncccc2C(F)(F)F)[nH]1. The van der Waals surface area contributed by atoms with Gasteiger partial charge in [0.25, 0.3) is 0 Å². The van der Waals surface area contributed by atoms with Crippen molar-refractivity contribution in [3.8, 4) is 11.5 Å². The van der Waals surface area contributed by atoms with E-state index in [1.807, 2.05) is 0 Å². The second kappa shape index (κ2) is 4.17. The molecule has 0 amide bonds. The predicted molar refractivity (Wildman–Crippen MR) is 52.7 cm³/mol. The van der Waals surface area contributed by atoms with Gasteiger partial charge in [0.2, 0.25) is 0 Å². The van der Waals surface area contributed by atoms with Crippen molar-refractivity contribution < 1.29 is 18.3 Å².